The molecule has 1 amide bonds. The lowest BCUT2D eigenvalue weighted by atomic mass is 9.79. The Hall–Kier alpha value is -1.08. The Morgan fingerprint density at radius 2 is 2.06 bits per heavy atom. The second kappa shape index (κ2) is 5.71. The quantitative estimate of drug-likeness (QED) is 0.656. The lowest BCUT2D eigenvalue weighted by Gasteiger charge is -2.29. The molecule has 1 aromatic heterocycles. The number of rotatable bonds is 3. The van der Waals surface area contributed by atoms with Gasteiger partial charge in [0, 0.05) is 11.5 Å². The number of amides is 1. The highest BCUT2D eigenvalue weighted by molar-refractivity contribution is 7.80. The normalized spacial score (nSPS) is 18.9. The standard InChI is InChI=1S/C11H16N4OS2/c12-9(17)11(5-3-1-2-4-6-11)10(16)14-8-7-13-15-18-8/h7H,1-6H2,(H2,12,17)(H,14,16). The molecule has 18 heavy (non-hydrogen) atoms. The number of carbonyl (C=O) groups is 1. The third kappa shape index (κ3) is 2.67. The predicted molar refractivity (Wildman–Crippen MR) is 75.5 cm³/mol. The van der Waals surface area contributed by atoms with E-state index in [2.05, 4.69) is 14.9 Å². The van der Waals surface area contributed by atoms with Gasteiger partial charge in [0.05, 0.1) is 16.6 Å². The number of nitrogens with zero attached hydrogens (tertiary/aromatic N) is 2. The molecule has 5 nitrogen and oxygen atoms in total. The van der Waals surface area contributed by atoms with E-state index < -0.39 is 5.41 Å². The Morgan fingerprint density at radius 1 is 1.39 bits per heavy atom. The molecular formula is C11H16N4OS2. The molecule has 0 aromatic carbocycles. The number of hydrogen-bond donors (Lipinski definition) is 2. The number of carbonyl (C=O) groups excluding carboxylic acids is 1. The number of aromatic nitrogens is 2. The summed E-state index contributed by atoms with van der Waals surface area (Å²) in [5, 5.41) is 7.16. The first-order valence-electron chi connectivity index (χ1n) is 6.04. The van der Waals surface area contributed by atoms with Crippen LogP contribution < -0.4 is 11.1 Å². The minimum atomic E-state index is -0.699. The summed E-state index contributed by atoms with van der Waals surface area (Å²) in [6.45, 7) is 0. The summed E-state index contributed by atoms with van der Waals surface area (Å²) in [4.78, 5) is 12.8. The van der Waals surface area contributed by atoms with Gasteiger partial charge in [-0.05, 0) is 12.8 Å². The lowest BCUT2D eigenvalue weighted by Crippen LogP contribution is -2.45. The van der Waals surface area contributed by atoms with Gasteiger partial charge in [0.25, 0.3) is 0 Å². The van der Waals surface area contributed by atoms with Gasteiger partial charge in [-0.3, -0.25) is 4.79 Å². The third-order valence-electron chi connectivity index (χ3n) is 3.46. The van der Waals surface area contributed by atoms with E-state index in [0.29, 0.717) is 9.99 Å². The average molecular weight is 284 g/mol. The monoisotopic (exact) mass is 284 g/mol. The molecule has 1 aromatic rings. The highest BCUT2D eigenvalue weighted by atomic mass is 32.1. The molecule has 0 atom stereocenters. The van der Waals surface area contributed by atoms with Crippen molar-refractivity contribution in [3.05, 3.63) is 6.20 Å². The van der Waals surface area contributed by atoms with E-state index in [-0.39, 0.29) is 5.91 Å². The van der Waals surface area contributed by atoms with Crippen LogP contribution in [0.5, 0.6) is 0 Å². The molecule has 1 heterocycles. The molecule has 0 bridgehead atoms. The molecule has 0 aliphatic heterocycles. The van der Waals surface area contributed by atoms with Crippen LogP contribution in [0.4, 0.5) is 5.00 Å². The van der Waals surface area contributed by atoms with Crippen molar-refractivity contribution in [1.29, 1.82) is 0 Å². The van der Waals surface area contributed by atoms with Crippen molar-refractivity contribution < 1.29 is 4.79 Å². The summed E-state index contributed by atoms with van der Waals surface area (Å²) >= 11 is 6.30. The van der Waals surface area contributed by atoms with Crippen LogP contribution >= 0.6 is 23.8 Å². The fourth-order valence-electron chi connectivity index (χ4n) is 2.37. The van der Waals surface area contributed by atoms with E-state index in [1.165, 1.54) is 6.20 Å². The Balaban J connectivity index is 2.18. The van der Waals surface area contributed by atoms with Crippen LogP contribution in [-0.4, -0.2) is 20.5 Å². The van der Waals surface area contributed by atoms with Crippen molar-refractivity contribution in [3.8, 4) is 0 Å². The maximum Gasteiger partial charge on any atom is 0.238 e. The van der Waals surface area contributed by atoms with Crippen molar-refractivity contribution >= 4 is 39.6 Å². The molecule has 2 rings (SSSR count). The van der Waals surface area contributed by atoms with Crippen molar-refractivity contribution in [3.63, 3.8) is 0 Å². The first-order valence-corrected chi connectivity index (χ1v) is 7.22. The number of nitrogens with two attached hydrogens (primary N) is 1. The number of nitrogens with one attached hydrogen (secondary N) is 1. The van der Waals surface area contributed by atoms with Crippen LogP contribution in [0.2, 0.25) is 0 Å². The highest BCUT2D eigenvalue weighted by Crippen LogP contribution is 2.36. The van der Waals surface area contributed by atoms with E-state index >= 15 is 0 Å². The van der Waals surface area contributed by atoms with E-state index in [4.69, 9.17) is 18.0 Å². The second-order valence-corrected chi connectivity index (χ2v) is 5.82. The summed E-state index contributed by atoms with van der Waals surface area (Å²) in [7, 11) is 0. The molecule has 0 radical (unpaired) electrons. The van der Waals surface area contributed by atoms with E-state index in [0.717, 1.165) is 50.1 Å². The Kier molecular flexibility index (Phi) is 4.23. The van der Waals surface area contributed by atoms with Crippen LogP contribution in [0, 0.1) is 5.41 Å². The third-order valence-corrected chi connectivity index (χ3v) is 4.43. The van der Waals surface area contributed by atoms with Crippen LogP contribution in [0.3, 0.4) is 0 Å². The summed E-state index contributed by atoms with van der Waals surface area (Å²) in [5.41, 5.74) is 5.15. The zero-order chi connectivity index (χ0) is 13.0. The largest absolute Gasteiger partial charge is 0.392 e. The van der Waals surface area contributed by atoms with Crippen molar-refractivity contribution in [2.75, 3.05) is 5.32 Å². The molecular weight excluding hydrogens is 268 g/mol. The van der Waals surface area contributed by atoms with Gasteiger partial charge in [-0.2, -0.15) is 0 Å². The maximum absolute atomic E-state index is 12.5. The molecule has 3 N–H and O–H groups in total. The first-order chi connectivity index (χ1) is 8.65. The molecule has 0 saturated heterocycles. The Labute approximate surface area is 115 Å². The van der Waals surface area contributed by atoms with Crippen LogP contribution in [0.1, 0.15) is 38.5 Å². The highest BCUT2D eigenvalue weighted by Gasteiger charge is 2.41. The SMILES string of the molecule is NC(=S)C1(C(=O)Nc2cnns2)CCCCCC1. The van der Waals surface area contributed by atoms with Gasteiger partial charge >= 0.3 is 0 Å². The molecule has 0 spiro atoms. The van der Waals surface area contributed by atoms with E-state index in [1.807, 2.05) is 0 Å². The zero-order valence-electron chi connectivity index (χ0n) is 10.0. The fourth-order valence-corrected chi connectivity index (χ4v) is 3.08. The van der Waals surface area contributed by atoms with Gasteiger partial charge in [0.1, 0.15) is 5.00 Å². The van der Waals surface area contributed by atoms with Gasteiger partial charge in [0.2, 0.25) is 5.91 Å². The Bertz CT molecular complexity index is 424. The van der Waals surface area contributed by atoms with E-state index in [1.54, 1.807) is 0 Å². The Morgan fingerprint density at radius 3 is 2.56 bits per heavy atom. The molecule has 1 aliphatic rings. The van der Waals surface area contributed by atoms with Crippen LogP contribution in [0.25, 0.3) is 0 Å². The lowest BCUT2D eigenvalue weighted by molar-refractivity contribution is -0.122. The second-order valence-electron chi connectivity index (χ2n) is 4.60. The van der Waals surface area contributed by atoms with Crippen LogP contribution in [-0.2, 0) is 4.79 Å². The van der Waals surface area contributed by atoms with E-state index in [9.17, 15) is 4.79 Å². The number of hydrogen-bond acceptors (Lipinski definition) is 5. The van der Waals surface area contributed by atoms with Crippen molar-refractivity contribution in [1.82, 2.24) is 9.59 Å². The average Bonchev–Trinajstić information content (AvgIpc) is 2.70. The molecule has 1 saturated carbocycles. The minimum absolute atomic E-state index is 0.108. The predicted octanol–water partition coefficient (Wildman–Crippen LogP) is 2.10. The van der Waals surface area contributed by atoms with Crippen molar-refractivity contribution in [2.45, 2.75) is 38.5 Å². The van der Waals surface area contributed by atoms with Crippen LogP contribution in [0.15, 0.2) is 6.20 Å². The fraction of sp³-hybridized carbons (Fsp3) is 0.636. The minimum Gasteiger partial charge on any atom is -0.392 e. The number of anilines is 1. The first kappa shape index (κ1) is 13.4. The zero-order valence-corrected chi connectivity index (χ0v) is 11.6. The van der Waals surface area contributed by atoms with Gasteiger partial charge in [-0.25, -0.2) is 0 Å². The van der Waals surface area contributed by atoms with Gasteiger partial charge in [0.15, 0.2) is 0 Å². The van der Waals surface area contributed by atoms with Gasteiger partial charge in [-0.15, -0.1) is 5.10 Å². The summed E-state index contributed by atoms with van der Waals surface area (Å²) in [5.74, 6) is -0.108. The van der Waals surface area contributed by atoms with Gasteiger partial charge < -0.3 is 11.1 Å². The van der Waals surface area contributed by atoms with Crippen molar-refractivity contribution in [2.24, 2.45) is 11.1 Å². The maximum atomic E-state index is 12.5. The van der Waals surface area contributed by atoms with Gasteiger partial charge in [-0.1, -0.05) is 42.4 Å². The molecule has 7 heteroatoms. The summed E-state index contributed by atoms with van der Waals surface area (Å²) in [6.07, 6.45) is 7.27. The molecule has 1 aliphatic carbocycles. The molecule has 1 fully saturated rings. The molecule has 0 unspecified atom stereocenters. The summed E-state index contributed by atoms with van der Waals surface area (Å²) < 4.78 is 3.72. The smallest absolute Gasteiger partial charge is 0.238 e. The number of thiocarbonyl (C=S) groups is 1. The topological polar surface area (TPSA) is 80.9 Å². The molecule has 98 valence electrons. The summed E-state index contributed by atoms with van der Waals surface area (Å²) in [6, 6.07) is 0.